The highest BCUT2D eigenvalue weighted by Crippen LogP contribution is 2.49. The first-order valence-corrected chi connectivity index (χ1v) is 20.3. The molecule has 9 aromatic rings. The Balaban J connectivity index is 1.09. The van der Waals surface area contributed by atoms with E-state index in [1.165, 1.54) is 0 Å². The van der Waals surface area contributed by atoms with Crippen LogP contribution in [0.5, 0.6) is 0 Å². The van der Waals surface area contributed by atoms with Crippen LogP contribution < -0.4 is 0 Å². The van der Waals surface area contributed by atoms with Crippen molar-refractivity contribution in [3.8, 4) is 10.4 Å². The van der Waals surface area contributed by atoms with E-state index in [4.69, 9.17) is 22.8 Å². The predicted molar refractivity (Wildman–Crippen MR) is 212 cm³/mol. The normalized spacial score (nSPS) is 18.5. The number of Topliss-reactive ketones (excluding diaryl/α,β-unsaturated/α-hetero) is 2. The van der Waals surface area contributed by atoms with Crippen LogP contribution in [0.4, 0.5) is 10.5 Å². The number of rotatable bonds is 4. The number of hydrogen-bond acceptors (Lipinski definition) is 13. The molecule has 258 valence electrons. The molecular weight excluding hydrogens is 745 g/mol. The van der Waals surface area contributed by atoms with E-state index in [-0.39, 0.29) is 24.2 Å². The van der Waals surface area contributed by atoms with Gasteiger partial charge >= 0.3 is 6.09 Å². The summed E-state index contributed by atoms with van der Waals surface area (Å²) in [5, 5.41) is 2.65. The van der Waals surface area contributed by atoms with E-state index < -0.39 is 11.9 Å². The second-order valence-corrected chi connectivity index (χ2v) is 16.7. The molecule has 0 bridgehead atoms. The lowest BCUT2D eigenvalue weighted by Gasteiger charge is -2.22. The van der Waals surface area contributed by atoms with E-state index in [0.29, 0.717) is 27.9 Å². The lowest BCUT2D eigenvalue weighted by atomic mass is 9.81. The minimum Gasteiger partial charge on any atom is -0.444 e. The molecule has 0 radical (unpaired) electrons. The van der Waals surface area contributed by atoms with Crippen molar-refractivity contribution in [3.05, 3.63) is 78.4 Å². The van der Waals surface area contributed by atoms with Gasteiger partial charge in [0.05, 0.1) is 55.3 Å². The average Bonchev–Trinajstić information content (AvgIpc) is 4.04. The molecule has 4 aromatic carbocycles. The second-order valence-electron chi connectivity index (χ2n) is 13.5. The number of benzene rings is 4. The van der Waals surface area contributed by atoms with Gasteiger partial charge in [0.1, 0.15) is 28.7 Å². The number of ether oxygens (including phenoxy) is 1. The molecule has 10 nitrogen and oxygen atoms in total. The summed E-state index contributed by atoms with van der Waals surface area (Å²) in [7, 11) is 0. The van der Waals surface area contributed by atoms with Crippen molar-refractivity contribution in [2.45, 2.75) is 32.3 Å². The number of aliphatic imine (C=N–C) groups is 1. The largest absolute Gasteiger partial charge is 0.444 e. The van der Waals surface area contributed by atoms with Gasteiger partial charge in [-0.3, -0.25) is 9.59 Å². The number of aromatic nitrogens is 5. The van der Waals surface area contributed by atoms with E-state index >= 15 is 0 Å². The predicted octanol–water partition coefficient (Wildman–Crippen LogP) is 10.1. The van der Waals surface area contributed by atoms with Crippen molar-refractivity contribution in [2.24, 2.45) is 16.8 Å². The third-order valence-electron chi connectivity index (χ3n) is 10.6. The van der Waals surface area contributed by atoms with E-state index in [2.05, 4.69) is 16.5 Å². The summed E-state index contributed by atoms with van der Waals surface area (Å²) in [5.74, 6) is -1.21. The minimum atomic E-state index is -0.473. The van der Waals surface area contributed by atoms with Crippen molar-refractivity contribution in [2.75, 3.05) is 0 Å². The van der Waals surface area contributed by atoms with Gasteiger partial charge in [0.2, 0.25) is 11.6 Å². The Kier molecular flexibility index (Phi) is 7.00. The molecule has 2 aliphatic rings. The monoisotopic (exact) mass is 768 g/mol. The van der Waals surface area contributed by atoms with Crippen LogP contribution in [0.1, 0.15) is 31.2 Å². The highest BCUT2D eigenvalue weighted by atomic mass is 32.1. The van der Waals surface area contributed by atoms with Gasteiger partial charge in [-0.2, -0.15) is 17.5 Å². The summed E-state index contributed by atoms with van der Waals surface area (Å²) in [6.45, 7) is 0.159. The second kappa shape index (κ2) is 11.9. The molecular formula is C39H24N6O4S4. The summed E-state index contributed by atoms with van der Waals surface area (Å²) in [4.78, 5) is 45.9. The number of carbonyl (C=O) groups is 3. The summed E-state index contributed by atoms with van der Waals surface area (Å²) in [6.07, 6.45) is 3.01. The minimum absolute atomic E-state index is 0.151. The molecule has 2 unspecified atom stereocenters. The highest BCUT2D eigenvalue weighted by molar-refractivity contribution is 7.32. The van der Waals surface area contributed by atoms with Crippen molar-refractivity contribution in [1.29, 1.82) is 0 Å². The zero-order valence-corrected chi connectivity index (χ0v) is 30.8. The summed E-state index contributed by atoms with van der Waals surface area (Å²) >= 11 is 5.49. The SMILES string of the molecule is O=C1C(=O)C2CCCCC2C1=Nc1cc2c(cc(-c3cc4c(s3)c3sc5ccccc5c3n4C(=O)OCc3ccccc3)c3nsnc32)c2nsnc12. The maximum Gasteiger partial charge on any atom is 0.419 e. The number of thiophene rings is 2. The van der Waals surface area contributed by atoms with Gasteiger partial charge in [0.15, 0.2) is 0 Å². The maximum atomic E-state index is 14.0. The molecule has 0 N–H and O–H groups in total. The molecule has 0 amide bonds. The van der Waals surface area contributed by atoms with E-state index in [0.717, 1.165) is 112 Å². The molecule has 2 aliphatic carbocycles. The highest BCUT2D eigenvalue weighted by Gasteiger charge is 2.47. The number of nitrogens with zero attached hydrogens (tertiary/aromatic N) is 6. The number of fused-ring (bicyclic) bond motifs is 11. The van der Waals surface area contributed by atoms with Gasteiger partial charge in [-0.15, -0.1) is 22.7 Å². The van der Waals surface area contributed by atoms with Crippen molar-refractivity contribution in [3.63, 3.8) is 0 Å². The Morgan fingerprint density at radius 2 is 1.49 bits per heavy atom. The summed E-state index contributed by atoms with van der Waals surface area (Å²) in [6, 6.07) is 23.8. The van der Waals surface area contributed by atoms with Gasteiger partial charge in [0.25, 0.3) is 0 Å². The fourth-order valence-electron chi connectivity index (χ4n) is 8.16. The van der Waals surface area contributed by atoms with Crippen LogP contribution in [-0.4, -0.2) is 45.4 Å². The fourth-order valence-corrected chi connectivity index (χ4v) is 11.8. The van der Waals surface area contributed by atoms with Gasteiger partial charge in [-0.1, -0.05) is 61.4 Å². The maximum absolute atomic E-state index is 14.0. The first kappa shape index (κ1) is 31.3. The number of ketones is 2. The van der Waals surface area contributed by atoms with E-state index in [1.54, 1.807) is 27.2 Å². The first-order chi connectivity index (χ1) is 26.0. The van der Waals surface area contributed by atoms with Crippen LogP contribution >= 0.6 is 46.1 Å². The lowest BCUT2D eigenvalue weighted by Crippen LogP contribution is -2.21. The molecule has 5 aromatic heterocycles. The van der Waals surface area contributed by atoms with Crippen molar-refractivity contribution >= 4 is 139 Å². The Bertz CT molecular complexity index is 3060. The van der Waals surface area contributed by atoms with Crippen LogP contribution in [-0.2, 0) is 20.9 Å². The summed E-state index contributed by atoms with van der Waals surface area (Å²) in [5.41, 5.74) is 6.92. The Labute approximate surface area is 316 Å². The van der Waals surface area contributed by atoms with E-state index in [9.17, 15) is 14.4 Å². The Morgan fingerprint density at radius 3 is 2.34 bits per heavy atom. The fraction of sp³-hybridized carbons (Fsp3) is 0.179. The zero-order valence-electron chi connectivity index (χ0n) is 27.6. The van der Waals surface area contributed by atoms with Gasteiger partial charge in [0, 0.05) is 43.1 Å². The quantitative estimate of drug-likeness (QED) is 0.162. The van der Waals surface area contributed by atoms with Gasteiger partial charge < -0.3 is 4.74 Å². The van der Waals surface area contributed by atoms with Crippen molar-refractivity contribution in [1.82, 2.24) is 22.1 Å². The standard InChI is InChI=1S/C39H24N6O4S4/c46-35-20-11-5-4-10-19(20)32(36(35)47)40-25-15-23-22(30-33(25)44-53-42-30)14-24(31-29(23)41-52-43-31)28-16-26-37(51-28)38-34(21-12-6-7-13-27(21)50-38)45(26)39(48)49-17-18-8-2-1-3-9-18/h1-3,6-9,12-16,19-20H,4-5,10-11,17H2. The van der Waals surface area contributed by atoms with Crippen molar-refractivity contribution < 1.29 is 19.1 Å². The van der Waals surface area contributed by atoms with E-state index in [1.807, 2.05) is 60.7 Å². The molecule has 14 heteroatoms. The molecule has 11 rings (SSSR count). The zero-order chi connectivity index (χ0) is 35.4. The van der Waals surface area contributed by atoms with Crippen LogP contribution in [0, 0.1) is 11.8 Å². The summed E-state index contributed by atoms with van der Waals surface area (Å²) < 4.78 is 29.6. The molecule has 0 aliphatic heterocycles. The molecule has 2 fully saturated rings. The lowest BCUT2D eigenvalue weighted by molar-refractivity contribution is -0.134. The smallest absolute Gasteiger partial charge is 0.419 e. The molecule has 0 saturated heterocycles. The Morgan fingerprint density at radius 1 is 0.774 bits per heavy atom. The third-order valence-corrected chi connectivity index (χ3v) is 14.1. The molecule has 5 heterocycles. The average molecular weight is 769 g/mol. The molecule has 2 saturated carbocycles. The first-order valence-electron chi connectivity index (χ1n) is 17.2. The van der Waals surface area contributed by atoms with Crippen LogP contribution in [0.2, 0.25) is 0 Å². The number of hydrogen-bond donors (Lipinski definition) is 0. The van der Waals surface area contributed by atoms with Gasteiger partial charge in [-0.05, 0) is 42.7 Å². The van der Waals surface area contributed by atoms with Gasteiger partial charge in [-0.25, -0.2) is 14.4 Å². The van der Waals surface area contributed by atoms with Crippen LogP contribution in [0.15, 0.2) is 77.8 Å². The molecule has 53 heavy (non-hydrogen) atoms. The molecule has 2 atom stereocenters. The number of carbonyl (C=O) groups excluding carboxylic acids is 3. The topological polar surface area (TPSA) is 129 Å². The van der Waals surface area contributed by atoms with Crippen LogP contribution in [0.25, 0.3) is 73.8 Å². The third kappa shape index (κ3) is 4.65. The Hall–Kier alpha value is -5.28. The van der Waals surface area contributed by atoms with Crippen LogP contribution in [0.3, 0.4) is 0 Å². The molecule has 0 spiro atoms.